The standard InChI is InChI=1S/C24H28N4O4/c25-19(14-27(26)12-11-18-6-2-1-3-7-18)17-32-23-10-4-9-21-22(23)15-28(24(21)31)20(16-30)8-5-13-29/h1-4,6-7,9-10,13-14,16,20H,5,8,11-12,15,17,25-26H2/b19-14-. The minimum Gasteiger partial charge on any atom is -0.487 e. The molecule has 168 valence electrons. The molecule has 1 heterocycles. The van der Waals surface area contributed by atoms with Gasteiger partial charge >= 0.3 is 0 Å². The van der Waals surface area contributed by atoms with Gasteiger partial charge in [-0.05, 0) is 30.5 Å². The Balaban J connectivity index is 1.60. The van der Waals surface area contributed by atoms with Crippen LogP contribution >= 0.6 is 0 Å². The van der Waals surface area contributed by atoms with Crippen molar-refractivity contribution in [2.24, 2.45) is 11.6 Å². The molecule has 0 saturated carbocycles. The molecule has 32 heavy (non-hydrogen) atoms. The van der Waals surface area contributed by atoms with Crippen molar-refractivity contribution in [2.45, 2.75) is 31.8 Å². The summed E-state index contributed by atoms with van der Waals surface area (Å²) in [5, 5.41) is 1.52. The fraction of sp³-hybridized carbons (Fsp3) is 0.292. The highest BCUT2D eigenvalue weighted by molar-refractivity contribution is 6.00. The van der Waals surface area contributed by atoms with Gasteiger partial charge in [0.05, 0.1) is 18.3 Å². The summed E-state index contributed by atoms with van der Waals surface area (Å²) in [6.45, 7) is 0.949. The van der Waals surface area contributed by atoms with Crippen LogP contribution in [0.25, 0.3) is 0 Å². The fourth-order valence-electron chi connectivity index (χ4n) is 3.64. The van der Waals surface area contributed by atoms with E-state index in [1.54, 1.807) is 24.4 Å². The molecule has 1 aliphatic heterocycles. The number of benzene rings is 2. The van der Waals surface area contributed by atoms with Crippen molar-refractivity contribution in [1.82, 2.24) is 9.91 Å². The average Bonchev–Trinajstić information content (AvgIpc) is 3.14. The van der Waals surface area contributed by atoms with Crippen molar-refractivity contribution in [3.8, 4) is 5.75 Å². The predicted octanol–water partition coefficient (Wildman–Crippen LogP) is 1.79. The van der Waals surface area contributed by atoms with Gasteiger partial charge in [0.1, 0.15) is 24.9 Å². The first-order valence-corrected chi connectivity index (χ1v) is 10.5. The van der Waals surface area contributed by atoms with E-state index >= 15 is 0 Å². The van der Waals surface area contributed by atoms with E-state index in [2.05, 4.69) is 0 Å². The van der Waals surface area contributed by atoms with E-state index in [1.807, 2.05) is 30.3 Å². The van der Waals surface area contributed by atoms with Crippen LogP contribution in [0.15, 0.2) is 60.4 Å². The van der Waals surface area contributed by atoms with Crippen molar-refractivity contribution in [3.05, 3.63) is 77.1 Å². The molecule has 0 aliphatic carbocycles. The number of hydrazine groups is 1. The molecule has 1 unspecified atom stereocenters. The molecule has 8 heteroatoms. The number of carbonyl (C=O) groups excluding carboxylic acids is 3. The third kappa shape index (κ3) is 5.73. The smallest absolute Gasteiger partial charge is 0.255 e. The van der Waals surface area contributed by atoms with Crippen LogP contribution in [0.3, 0.4) is 0 Å². The number of amides is 1. The van der Waals surface area contributed by atoms with Gasteiger partial charge in [0.25, 0.3) is 5.91 Å². The second-order valence-corrected chi connectivity index (χ2v) is 7.63. The molecule has 2 aromatic carbocycles. The SMILES string of the molecule is N/C(=C\N(N)CCc1ccccc1)COc1cccc2c1CN(C(C=O)CCC=O)C2=O. The first kappa shape index (κ1) is 23.0. The number of hydrogen-bond acceptors (Lipinski definition) is 7. The Morgan fingerprint density at radius 1 is 1.16 bits per heavy atom. The van der Waals surface area contributed by atoms with Gasteiger partial charge in [-0.1, -0.05) is 36.4 Å². The van der Waals surface area contributed by atoms with Crippen molar-refractivity contribution >= 4 is 18.5 Å². The van der Waals surface area contributed by atoms with Crippen LogP contribution in [0.5, 0.6) is 5.75 Å². The number of ether oxygens (including phenoxy) is 1. The van der Waals surface area contributed by atoms with Gasteiger partial charge in [0, 0.05) is 30.3 Å². The second kappa shape index (κ2) is 11.1. The Labute approximate surface area is 187 Å². The lowest BCUT2D eigenvalue weighted by atomic mass is 10.1. The first-order valence-electron chi connectivity index (χ1n) is 10.5. The molecule has 0 fully saturated rings. The van der Waals surface area contributed by atoms with E-state index in [9.17, 15) is 14.4 Å². The number of fused-ring (bicyclic) bond motifs is 1. The Morgan fingerprint density at radius 3 is 2.66 bits per heavy atom. The molecule has 0 radical (unpaired) electrons. The Hall–Kier alpha value is -3.65. The zero-order valence-electron chi connectivity index (χ0n) is 17.9. The number of nitrogens with two attached hydrogens (primary N) is 2. The maximum atomic E-state index is 12.7. The zero-order valence-corrected chi connectivity index (χ0v) is 17.9. The van der Waals surface area contributed by atoms with Crippen molar-refractivity contribution in [3.63, 3.8) is 0 Å². The van der Waals surface area contributed by atoms with Crippen molar-refractivity contribution in [1.29, 1.82) is 0 Å². The predicted molar refractivity (Wildman–Crippen MR) is 120 cm³/mol. The van der Waals surface area contributed by atoms with Crippen LogP contribution in [-0.4, -0.2) is 47.6 Å². The molecule has 1 amide bonds. The molecule has 0 aromatic heterocycles. The molecular formula is C24H28N4O4. The van der Waals surface area contributed by atoms with Crippen LogP contribution in [0.2, 0.25) is 0 Å². The maximum absolute atomic E-state index is 12.7. The molecular weight excluding hydrogens is 408 g/mol. The quantitative estimate of drug-likeness (QED) is 0.296. The number of hydrogen-bond donors (Lipinski definition) is 2. The summed E-state index contributed by atoms with van der Waals surface area (Å²) in [6, 6.07) is 14.6. The summed E-state index contributed by atoms with van der Waals surface area (Å²) in [5.74, 6) is 6.30. The van der Waals surface area contributed by atoms with Gasteiger partial charge in [-0.3, -0.25) is 4.79 Å². The zero-order chi connectivity index (χ0) is 22.9. The largest absolute Gasteiger partial charge is 0.487 e. The number of rotatable bonds is 12. The summed E-state index contributed by atoms with van der Waals surface area (Å²) < 4.78 is 5.87. The molecule has 0 saturated heterocycles. The highest BCUT2D eigenvalue weighted by Crippen LogP contribution is 2.32. The Kier molecular flexibility index (Phi) is 7.99. The van der Waals surface area contributed by atoms with Crippen LogP contribution in [0.4, 0.5) is 0 Å². The van der Waals surface area contributed by atoms with E-state index in [4.69, 9.17) is 16.3 Å². The average molecular weight is 437 g/mol. The second-order valence-electron chi connectivity index (χ2n) is 7.63. The summed E-state index contributed by atoms with van der Waals surface area (Å²) >= 11 is 0. The van der Waals surface area contributed by atoms with E-state index < -0.39 is 6.04 Å². The number of nitrogens with zero attached hydrogens (tertiary/aromatic N) is 2. The summed E-state index contributed by atoms with van der Waals surface area (Å²) in [5.41, 5.74) is 8.89. The lowest BCUT2D eigenvalue weighted by Crippen LogP contribution is -2.36. The van der Waals surface area contributed by atoms with E-state index in [0.717, 1.165) is 12.7 Å². The third-order valence-corrected chi connectivity index (χ3v) is 5.32. The maximum Gasteiger partial charge on any atom is 0.255 e. The van der Waals surface area contributed by atoms with Gasteiger partial charge in [0.15, 0.2) is 0 Å². The van der Waals surface area contributed by atoms with Gasteiger partial charge < -0.3 is 30.0 Å². The molecule has 0 spiro atoms. The molecule has 4 N–H and O–H groups in total. The number of aldehydes is 2. The highest BCUT2D eigenvalue weighted by Gasteiger charge is 2.34. The molecule has 8 nitrogen and oxygen atoms in total. The van der Waals surface area contributed by atoms with Crippen molar-refractivity contribution < 1.29 is 19.1 Å². The van der Waals surface area contributed by atoms with E-state index in [0.29, 0.717) is 41.8 Å². The van der Waals surface area contributed by atoms with Crippen LogP contribution < -0.4 is 16.3 Å². The molecule has 3 rings (SSSR count). The molecule has 1 aliphatic rings. The third-order valence-electron chi connectivity index (χ3n) is 5.32. The first-order chi connectivity index (χ1) is 15.5. The highest BCUT2D eigenvalue weighted by atomic mass is 16.5. The van der Waals surface area contributed by atoms with Crippen LogP contribution in [-0.2, 0) is 22.6 Å². The lowest BCUT2D eigenvalue weighted by Gasteiger charge is -2.22. The Bertz CT molecular complexity index is 977. The summed E-state index contributed by atoms with van der Waals surface area (Å²) in [4.78, 5) is 36.3. The number of carbonyl (C=O) groups is 3. The van der Waals surface area contributed by atoms with Crippen LogP contribution in [0, 0.1) is 0 Å². The molecule has 0 bridgehead atoms. The monoisotopic (exact) mass is 436 g/mol. The minimum absolute atomic E-state index is 0.103. The van der Waals surface area contributed by atoms with Crippen LogP contribution in [0.1, 0.15) is 34.3 Å². The molecule has 2 aromatic rings. The van der Waals surface area contributed by atoms with E-state index in [-0.39, 0.29) is 25.5 Å². The van der Waals surface area contributed by atoms with Crippen molar-refractivity contribution in [2.75, 3.05) is 13.2 Å². The van der Waals surface area contributed by atoms with Gasteiger partial charge in [-0.15, -0.1) is 0 Å². The summed E-state index contributed by atoms with van der Waals surface area (Å²) in [6.07, 6.45) is 4.38. The normalized spacial score (nSPS) is 14.1. The van der Waals surface area contributed by atoms with Gasteiger partial charge in [-0.2, -0.15) is 0 Å². The molecule has 1 atom stereocenters. The van der Waals surface area contributed by atoms with E-state index in [1.165, 1.54) is 15.5 Å². The topological polar surface area (TPSA) is 119 Å². The van der Waals surface area contributed by atoms with Gasteiger partial charge in [0.2, 0.25) is 0 Å². The summed E-state index contributed by atoms with van der Waals surface area (Å²) in [7, 11) is 0. The lowest BCUT2D eigenvalue weighted by molar-refractivity contribution is -0.112. The minimum atomic E-state index is -0.645. The fourth-order valence-corrected chi connectivity index (χ4v) is 3.64. The Morgan fingerprint density at radius 2 is 1.94 bits per heavy atom. The van der Waals surface area contributed by atoms with Gasteiger partial charge in [-0.25, -0.2) is 5.84 Å².